The van der Waals surface area contributed by atoms with Gasteiger partial charge in [-0.25, -0.2) is 9.78 Å². The average Bonchev–Trinajstić information content (AvgIpc) is 3.23. The Kier molecular flexibility index (Phi) is 4.70. The first-order chi connectivity index (χ1) is 13.3. The number of aliphatic hydroxyl groups is 1. The highest BCUT2D eigenvalue weighted by Gasteiger charge is 2.41. The summed E-state index contributed by atoms with van der Waals surface area (Å²) >= 11 is 0. The largest absolute Gasteiger partial charge is 0.465 e. The SMILES string of the molecule is CC(C)(C)C1CC([C@H](O)C[C@H]2c3ccccc3-c3cncn32)CCN1C(=O)O. The summed E-state index contributed by atoms with van der Waals surface area (Å²) < 4.78 is 2.15. The Hall–Kier alpha value is -2.34. The number of rotatable bonds is 3. The van der Waals surface area contributed by atoms with Gasteiger partial charge in [0.25, 0.3) is 0 Å². The molecule has 2 aliphatic heterocycles. The van der Waals surface area contributed by atoms with E-state index in [0.29, 0.717) is 25.8 Å². The third-order valence-electron chi connectivity index (χ3n) is 6.49. The molecule has 6 nitrogen and oxygen atoms in total. The second-order valence-electron chi connectivity index (χ2n) is 9.23. The summed E-state index contributed by atoms with van der Waals surface area (Å²) in [6.45, 7) is 6.71. The van der Waals surface area contributed by atoms with Crippen LogP contribution in [0.2, 0.25) is 0 Å². The molecule has 2 N–H and O–H groups in total. The smallest absolute Gasteiger partial charge is 0.407 e. The second-order valence-corrected chi connectivity index (χ2v) is 9.23. The van der Waals surface area contributed by atoms with Crippen LogP contribution < -0.4 is 0 Å². The van der Waals surface area contributed by atoms with Crippen LogP contribution in [-0.4, -0.2) is 49.4 Å². The number of aromatic nitrogens is 2. The van der Waals surface area contributed by atoms with Gasteiger partial charge >= 0.3 is 6.09 Å². The number of hydrogen-bond donors (Lipinski definition) is 2. The number of aliphatic hydroxyl groups excluding tert-OH is 1. The number of benzene rings is 1. The summed E-state index contributed by atoms with van der Waals surface area (Å²) in [7, 11) is 0. The van der Waals surface area contributed by atoms with Gasteiger partial charge in [-0.05, 0) is 36.2 Å². The molecule has 3 heterocycles. The van der Waals surface area contributed by atoms with Gasteiger partial charge in [0.2, 0.25) is 0 Å². The standard InChI is InChI=1S/C22H29N3O3/c1-22(2,3)20-10-14(8-9-24(20)21(27)28)19(26)11-17-15-6-4-5-7-16(15)18-12-23-13-25(17)18/h4-7,12-14,17,19-20,26H,8-11H2,1-3H3,(H,27,28)/t14?,17-,19+,20?/m0/s1. The molecule has 4 rings (SSSR count). The van der Waals surface area contributed by atoms with E-state index in [4.69, 9.17) is 0 Å². The lowest BCUT2D eigenvalue weighted by atomic mass is 9.74. The van der Waals surface area contributed by atoms with Gasteiger partial charge in [0.15, 0.2) is 0 Å². The number of carbonyl (C=O) groups is 1. The molecule has 1 amide bonds. The number of hydrogen-bond acceptors (Lipinski definition) is 3. The molecule has 1 fully saturated rings. The number of amides is 1. The molecule has 0 saturated carbocycles. The van der Waals surface area contributed by atoms with Crippen LogP contribution in [0.3, 0.4) is 0 Å². The number of nitrogens with zero attached hydrogens (tertiary/aromatic N) is 3. The topological polar surface area (TPSA) is 78.6 Å². The summed E-state index contributed by atoms with van der Waals surface area (Å²) in [6.07, 6.45) is 4.40. The van der Waals surface area contributed by atoms with Gasteiger partial charge in [-0.3, -0.25) is 0 Å². The fourth-order valence-electron chi connectivity index (χ4n) is 4.99. The molecule has 28 heavy (non-hydrogen) atoms. The molecule has 2 aromatic rings. The molecule has 2 unspecified atom stereocenters. The Morgan fingerprint density at radius 1 is 1.32 bits per heavy atom. The Labute approximate surface area is 165 Å². The highest BCUT2D eigenvalue weighted by molar-refractivity contribution is 5.69. The van der Waals surface area contributed by atoms with Crippen molar-refractivity contribution in [1.29, 1.82) is 0 Å². The maximum Gasteiger partial charge on any atom is 0.407 e. The number of piperidine rings is 1. The van der Waals surface area contributed by atoms with Crippen molar-refractivity contribution >= 4 is 6.09 Å². The van der Waals surface area contributed by atoms with Crippen molar-refractivity contribution in [3.05, 3.63) is 42.4 Å². The summed E-state index contributed by atoms with van der Waals surface area (Å²) in [4.78, 5) is 17.5. The van der Waals surface area contributed by atoms with Crippen molar-refractivity contribution in [3.8, 4) is 11.3 Å². The van der Waals surface area contributed by atoms with Gasteiger partial charge < -0.3 is 19.7 Å². The van der Waals surface area contributed by atoms with E-state index in [2.05, 4.69) is 42.5 Å². The van der Waals surface area contributed by atoms with Gasteiger partial charge in [-0.15, -0.1) is 0 Å². The van der Waals surface area contributed by atoms with Crippen molar-refractivity contribution < 1.29 is 15.0 Å². The van der Waals surface area contributed by atoms with E-state index in [1.54, 1.807) is 4.90 Å². The van der Waals surface area contributed by atoms with Crippen molar-refractivity contribution in [1.82, 2.24) is 14.5 Å². The van der Waals surface area contributed by atoms with Crippen LogP contribution in [0.25, 0.3) is 11.3 Å². The Morgan fingerprint density at radius 3 is 2.79 bits per heavy atom. The zero-order valence-corrected chi connectivity index (χ0v) is 16.7. The Bertz CT molecular complexity index is 870. The lowest BCUT2D eigenvalue weighted by Gasteiger charge is -2.45. The summed E-state index contributed by atoms with van der Waals surface area (Å²) in [5.74, 6) is 0.0968. The van der Waals surface area contributed by atoms with Crippen LogP contribution in [0.5, 0.6) is 0 Å². The van der Waals surface area contributed by atoms with Crippen molar-refractivity contribution in [2.24, 2.45) is 11.3 Å². The molecule has 0 aliphatic carbocycles. The number of fused-ring (bicyclic) bond motifs is 3. The normalized spacial score (nSPS) is 25.3. The predicted molar refractivity (Wildman–Crippen MR) is 107 cm³/mol. The second kappa shape index (κ2) is 6.92. The van der Waals surface area contributed by atoms with Gasteiger partial charge in [0.05, 0.1) is 30.4 Å². The van der Waals surface area contributed by atoms with E-state index >= 15 is 0 Å². The van der Waals surface area contributed by atoms with Crippen LogP contribution >= 0.6 is 0 Å². The summed E-state index contributed by atoms with van der Waals surface area (Å²) in [5.41, 5.74) is 3.36. The molecule has 4 atom stereocenters. The molecule has 1 aromatic heterocycles. The highest BCUT2D eigenvalue weighted by atomic mass is 16.4. The fraction of sp³-hybridized carbons (Fsp3) is 0.545. The minimum absolute atomic E-state index is 0.0780. The zero-order chi connectivity index (χ0) is 20.1. The van der Waals surface area contributed by atoms with Gasteiger partial charge in [-0.1, -0.05) is 45.0 Å². The minimum atomic E-state index is -0.861. The van der Waals surface area contributed by atoms with Crippen LogP contribution in [0.1, 0.15) is 51.6 Å². The van der Waals surface area contributed by atoms with Gasteiger partial charge in [0.1, 0.15) is 0 Å². The van der Waals surface area contributed by atoms with Crippen molar-refractivity contribution in [3.63, 3.8) is 0 Å². The molecular weight excluding hydrogens is 354 g/mol. The van der Waals surface area contributed by atoms with Crippen LogP contribution in [0.15, 0.2) is 36.8 Å². The van der Waals surface area contributed by atoms with Crippen molar-refractivity contribution in [2.45, 2.75) is 58.2 Å². The third-order valence-corrected chi connectivity index (χ3v) is 6.49. The van der Waals surface area contributed by atoms with E-state index in [-0.39, 0.29) is 23.4 Å². The zero-order valence-electron chi connectivity index (χ0n) is 16.7. The average molecular weight is 383 g/mol. The Balaban J connectivity index is 1.53. The molecule has 150 valence electrons. The van der Waals surface area contributed by atoms with Crippen LogP contribution in [0, 0.1) is 11.3 Å². The quantitative estimate of drug-likeness (QED) is 0.839. The van der Waals surface area contributed by atoms with E-state index in [1.807, 2.05) is 24.7 Å². The van der Waals surface area contributed by atoms with Gasteiger partial charge in [0, 0.05) is 18.2 Å². The fourth-order valence-corrected chi connectivity index (χ4v) is 4.99. The maximum absolute atomic E-state index is 11.7. The van der Waals surface area contributed by atoms with E-state index < -0.39 is 12.2 Å². The lowest BCUT2D eigenvalue weighted by Crippen LogP contribution is -2.53. The molecule has 0 radical (unpaired) electrons. The summed E-state index contributed by atoms with van der Waals surface area (Å²) in [5, 5.41) is 20.7. The van der Waals surface area contributed by atoms with Crippen molar-refractivity contribution in [2.75, 3.05) is 6.54 Å². The molecule has 2 aliphatic rings. The van der Waals surface area contributed by atoms with E-state index in [0.717, 1.165) is 5.69 Å². The predicted octanol–water partition coefficient (Wildman–Crippen LogP) is 4.01. The van der Waals surface area contributed by atoms with E-state index in [1.165, 1.54) is 11.1 Å². The van der Waals surface area contributed by atoms with E-state index in [9.17, 15) is 15.0 Å². The third kappa shape index (κ3) is 3.20. The number of likely N-dealkylation sites (tertiary alicyclic amines) is 1. The van der Waals surface area contributed by atoms with Crippen LogP contribution in [0.4, 0.5) is 4.79 Å². The highest BCUT2D eigenvalue weighted by Crippen LogP contribution is 2.43. The molecule has 1 aromatic carbocycles. The molecule has 0 spiro atoms. The summed E-state index contributed by atoms with van der Waals surface area (Å²) in [6, 6.07) is 8.30. The number of carboxylic acid groups (broad SMARTS) is 1. The van der Waals surface area contributed by atoms with Gasteiger partial charge in [-0.2, -0.15) is 0 Å². The Morgan fingerprint density at radius 2 is 2.07 bits per heavy atom. The minimum Gasteiger partial charge on any atom is -0.465 e. The molecule has 6 heteroatoms. The first kappa shape index (κ1) is 19.0. The molecular formula is C22H29N3O3. The van der Waals surface area contributed by atoms with Crippen LogP contribution in [-0.2, 0) is 0 Å². The lowest BCUT2D eigenvalue weighted by molar-refractivity contribution is -0.00528. The first-order valence-corrected chi connectivity index (χ1v) is 10.1. The first-order valence-electron chi connectivity index (χ1n) is 10.1. The maximum atomic E-state index is 11.7. The monoisotopic (exact) mass is 383 g/mol. The number of imidazole rings is 1. The molecule has 1 saturated heterocycles. The molecule has 0 bridgehead atoms.